The molecule has 0 amide bonds. The smallest absolute Gasteiger partial charge is 0.315 e. The number of halogens is 3. The molecule has 0 radical (unpaired) electrons. The topological polar surface area (TPSA) is 76.3 Å². The predicted molar refractivity (Wildman–Crippen MR) is 45.2 cm³/mol. The van der Waals surface area contributed by atoms with Gasteiger partial charge in [-0.05, 0) is 15.9 Å². The fourth-order valence-electron chi connectivity index (χ4n) is 0.764. The highest BCUT2D eigenvalue weighted by molar-refractivity contribution is 9.10. The largest absolute Gasteiger partial charge is 0.500 e. The van der Waals surface area contributed by atoms with Crippen LogP contribution in [0, 0.1) is 10.1 Å². The van der Waals surface area contributed by atoms with E-state index in [0.29, 0.717) is 6.07 Å². The van der Waals surface area contributed by atoms with Crippen LogP contribution < -0.4 is 0 Å². The van der Waals surface area contributed by atoms with Gasteiger partial charge in [-0.25, -0.2) is 13.8 Å². The number of nitro groups is 1. The highest BCUT2D eigenvalue weighted by Gasteiger charge is 2.22. The molecule has 0 saturated heterocycles. The summed E-state index contributed by atoms with van der Waals surface area (Å²) in [6.07, 6.45) is -2.93. The van der Waals surface area contributed by atoms with Gasteiger partial charge >= 0.3 is 5.69 Å². The number of aromatic nitrogens is 1. The van der Waals surface area contributed by atoms with E-state index < -0.39 is 28.5 Å². The minimum atomic E-state index is -2.93. The summed E-state index contributed by atoms with van der Waals surface area (Å²) in [4.78, 5) is 12.6. The summed E-state index contributed by atoms with van der Waals surface area (Å²) >= 11 is 2.63. The third-order valence-corrected chi connectivity index (χ3v) is 1.92. The summed E-state index contributed by atoms with van der Waals surface area (Å²) in [6, 6.07) is 0.532. The van der Waals surface area contributed by atoms with Crippen molar-refractivity contribution < 1.29 is 18.8 Å². The highest BCUT2D eigenvalue weighted by atomic mass is 79.9. The van der Waals surface area contributed by atoms with Gasteiger partial charge in [-0.3, -0.25) is 10.1 Å². The molecule has 0 aliphatic rings. The van der Waals surface area contributed by atoms with Gasteiger partial charge in [-0.1, -0.05) is 0 Å². The average molecular weight is 269 g/mol. The molecule has 0 aliphatic heterocycles. The summed E-state index contributed by atoms with van der Waals surface area (Å²) in [6.45, 7) is 0. The van der Waals surface area contributed by atoms with Gasteiger partial charge in [0.15, 0.2) is 4.60 Å². The van der Waals surface area contributed by atoms with Gasteiger partial charge in [-0.2, -0.15) is 0 Å². The molecule has 5 nitrogen and oxygen atoms in total. The van der Waals surface area contributed by atoms with Gasteiger partial charge in [0.25, 0.3) is 6.43 Å². The van der Waals surface area contributed by atoms with Crippen molar-refractivity contribution in [1.29, 1.82) is 0 Å². The molecule has 1 N–H and O–H groups in total. The summed E-state index contributed by atoms with van der Waals surface area (Å²) in [5.41, 5.74) is -1.57. The van der Waals surface area contributed by atoms with Gasteiger partial charge in [0.2, 0.25) is 5.75 Å². The molecule has 1 aromatic heterocycles. The first-order chi connectivity index (χ1) is 6.43. The van der Waals surface area contributed by atoms with E-state index in [9.17, 15) is 18.9 Å². The van der Waals surface area contributed by atoms with Crippen LogP contribution in [0.1, 0.15) is 12.1 Å². The maximum atomic E-state index is 12.1. The van der Waals surface area contributed by atoms with Crippen molar-refractivity contribution in [3.63, 3.8) is 0 Å². The number of rotatable bonds is 2. The van der Waals surface area contributed by atoms with Crippen LogP contribution in [-0.4, -0.2) is 15.0 Å². The zero-order valence-corrected chi connectivity index (χ0v) is 8.03. The van der Waals surface area contributed by atoms with E-state index in [1.807, 2.05) is 0 Å². The van der Waals surface area contributed by atoms with E-state index in [2.05, 4.69) is 20.9 Å². The van der Waals surface area contributed by atoms with Crippen molar-refractivity contribution in [2.75, 3.05) is 0 Å². The lowest BCUT2D eigenvalue weighted by Crippen LogP contribution is -1.96. The quantitative estimate of drug-likeness (QED) is 0.508. The maximum absolute atomic E-state index is 12.1. The summed E-state index contributed by atoms with van der Waals surface area (Å²) in [5.74, 6) is -0.764. The van der Waals surface area contributed by atoms with Crippen LogP contribution in [0.2, 0.25) is 0 Å². The molecule has 0 spiro atoms. The van der Waals surface area contributed by atoms with Crippen LogP contribution in [0.5, 0.6) is 5.75 Å². The molecule has 1 aromatic rings. The van der Waals surface area contributed by atoms with Crippen molar-refractivity contribution in [2.24, 2.45) is 0 Å². The number of alkyl halides is 2. The van der Waals surface area contributed by atoms with Crippen LogP contribution >= 0.6 is 15.9 Å². The van der Waals surface area contributed by atoms with E-state index in [-0.39, 0.29) is 4.60 Å². The molecule has 0 aliphatic carbocycles. The Labute approximate surface area is 84.7 Å². The molecule has 0 aromatic carbocycles. The molecule has 0 bridgehead atoms. The Morgan fingerprint density at radius 2 is 2.21 bits per heavy atom. The monoisotopic (exact) mass is 268 g/mol. The Hall–Kier alpha value is -1.31. The predicted octanol–water partition coefficient (Wildman–Crippen LogP) is 2.40. The van der Waals surface area contributed by atoms with Crippen LogP contribution in [0.25, 0.3) is 0 Å². The molecule has 0 unspecified atom stereocenters. The number of pyridine rings is 1. The second kappa shape index (κ2) is 3.82. The van der Waals surface area contributed by atoms with Crippen molar-refractivity contribution >= 4 is 21.6 Å². The van der Waals surface area contributed by atoms with Gasteiger partial charge in [0.1, 0.15) is 5.69 Å². The van der Waals surface area contributed by atoms with E-state index in [1.54, 1.807) is 0 Å². The van der Waals surface area contributed by atoms with Gasteiger partial charge < -0.3 is 5.11 Å². The fourth-order valence-corrected chi connectivity index (χ4v) is 1.17. The molecule has 76 valence electrons. The summed E-state index contributed by atoms with van der Waals surface area (Å²) in [7, 11) is 0. The molecular weight excluding hydrogens is 266 g/mol. The summed E-state index contributed by atoms with van der Waals surface area (Å²) < 4.78 is 23.9. The number of hydrogen-bond acceptors (Lipinski definition) is 4. The van der Waals surface area contributed by atoms with Gasteiger partial charge in [-0.15, -0.1) is 0 Å². The minimum absolute atomic E-state index is 0.373. The van der Waals surface area contributed by atoms with Gasteiger partial charge in [0.05, 0.1) is 4.92 Å². The molecule has 1 heterocycles. The number of aromatic hydroxyl groups is 1. The van der Waals surface area contributed by atoms with E-state index in [4.69, 9.17) is 5.11 Å². The Balaban J connectivity index is 3.35. The van der Waals surface area contributed by atoms with Crippen LogP contribution in [0.3, 0.4) is 0 Å². The minimum Gasteiger partial charge on any atom is -0.500 e. The molecule has 0 atom stereocenters. The highest BCUT2D eigenvalue weighted by Crippen LogP contribution is 2.34. The van der Waals surface area contributed by atoms with Crippen LogP contribution in [0.15, 0.2) is 10.7 Å². The van der Waals surface area contributed by atoms with Crippen LogP contribution in [0.4, 0.5) is 14.5 Å². The maximum Gasteiger partial charge on any atom is 0.315 e. The van der Waals surface area contributed by atoms with E-state index in [1.165, 1.54) is 0 Å². The third-order valence-electron chi connectivity index (χ3n) is 1.37. The van der Waals surface area contributed by atoms with Crippen molar-refractivity contribution in [3.8, 4) is 5.75 Å². The number of nitrogens with zero attached hydrogens (tertiary/aromatic N) is 2. The average Bonchev–Trinajstić information content (AvgIpc) is 2.08. The first kappa shape index (κ1) is 10.8. The van der Waals surface area contributed by atoms with Crippen molar-refractivity contribution in [3.05, 3.63) is 26.5 Å². The third kappa shape index (κ3) is 1.95. The Kier molecular flexibility index (Phi) is 2.94. The van der Waals surface area contributed by atoms with Crippen LogP contribution in [-0.2, 0) is 0 Å². The Morgan fingerprint density at radius 3 is 2.64 bits per heavy atom. The van der Waals surface area contributed by atoms with E-state index in [0.717, 1.165) is 0 Å². The lowest BCUT2D eigenvalue weighted by atomic mass is 10.3. The Bertz CT molecular complexity index is 386. The normalized spacial score (nSPS) is 10.6. The molecule has 0 fully saturated rings. The lowest BCUT2D eigenvalue weighted by molar-refractivity contribution is -0.386. The molecule has 0 saturated carbocycles. The van der Waals surface area contributed by atoms with Crippen molar-refractivity contribution in [1.82, 2.24) is 4.98 Å². The van der Waals surface area contributed by atoms with Crippen molar-refractivity contribution in [2.45, 2.75) is 6.43 Å². The first-order valence-electron chi connectivity index (χ1n) is 3.25. The first-order valence-corrected chi connectivity index (χ1v) is 4.04. The summed E-state index contributed by atoms with van der Waals surface area (Å²) in [5, 5.41) is 19.4. The zero-order chi connectivity index (χ0) is 10.9. The fraction of sp³-hybridized carbons (Fsp3) is 0.167. The number of hydrogen-bond donors (Lipinski definition) is 1. The Morgan fingerprint density at radius 1 is 1.64 bits per heavy atom. The SMILES string of the molecule is O=[N+]([O-])c1cc(C(F)F)nc(Br)c1O. The lowest BCUT2D eigenvalue weighted by Gasteiger charge is -2.02. The van der Waals surface area contributed by atoms with E-state index >= 15 is 0 Å². The molecule has 8 heteroatoms. The molecule has 14 heavy (non-hydrogen) atoms. The standard InChI is InChI=1S/C6H3BrF2N2O3/c7-5-4(12)3(11(13)14)1-2(10-5)6(8)9/h1,6,12H. The van der Waals surface area contributed by atoms with Gasteiger partial charge in [0, 0.05) is 6.07 Å². The zero-order valence-electron chi connectivity index (χ0n) is 6.45. The molecule has 1 rings (SSSR count). The molecular formula is C6H3BrF2N2O3. The second-order valence-electron chi connectivity index (χ2n) is 2.26. The second-order valence-corrected chi connectivity index (χ2v) is 3.01.